The maximum absolute atomic E-state index is 6.04. The number of halogens is 2. The lowest BCUT2D eigenvalue weighted by Crippen LogP contribution is -2.11. The molecule has 23 heavy (non-hydrogen) atoms. The first kappa shape index (κ1) is 17.7. The number of hydrogen-bond acceptors (Lipinski definition) is 4. The summed E-state index contributed by atoms with van der Waals surface area (Å²) in [6.45, 7) is 1.27. The van der Waals surface area contributed by atoms with Gasteiger partial charge in [-0.3, -0.25) is 0 Å². The minimum atomic E-state index is 0.347. The predicted octanol–water partition coefficient (Wildman–Crippen LogP) is 3.96. The van der Waals surface area contributed by atoms with Gasteiger partial charge in [0.2, 0.25) is 0 Å². The zero-order chi connectivity index (χ0) is 16.7. The zero-order valence-corrected chi connectivity index (χ0v) is 14.4. The molecule has 2 N–H and O–H groups in total. The maximum atomic E-state index is 6.04. The fraction of sp³-hybridized carbons (Fsp3) is 0.294. The van der Waals surface area contributed by atoms with E-state index in [4.69, 9.17) is 43.1 Å². The topological polar surface area (TPSA) is 53.7 Å². The van der Waals surface area contributed by atoms with E-state index < -0.39 is 0 Å². The first-order valence-corrected chi connectivity index (χ1v) is 7.97. The summed E-state index contributed by atoms with van der Waals surface area (Å²) < 4.78 is 16.6. The van der Waals surface area contributed by atoms with Gasteiger partial charge in [-0.25, -0.2) is 0 Å². The van der Waals surface area contributed by atoms with Crippen LogP contribution in [-0.4, -0.2) is 26.9 Å². The minimum Gasteiger partial charge on any atom is -0.497 e. The van der Waals surface area contributed by atoms with Gasteiger partial charge in [0.05, 0.1) is 12.1 Å². The molecule has 0 aliphatic rings. The van der Waals surface area contributed by atoms with Crippen molar-refractivity contribution in [2.24, 2.45) is 5.73 Å². The molecule has 0 saturated heterocycles. The van der Waals surface area contributed by atoms with Crippen molar-refractivity contribution < 1.29 is 14.2 Å². The molecule has 0 bridgehead atoms. The Morgan fingerprint density at radius 3 is 2.39 bits per heavy atom. The molecule has 0 unspecified atom stereocenters. The van der Waals surface area contributed by atoms with Crippen molar-refractivity contribution >= 4 is 23.2 Å². The van der Waals surface area contributed by atoms with E-state index in [-0.39, 0.29) is 0 Å². The normalized spacial score (nSPS) is 10.4. The van der Waals surface area contributed by atoms with Gasteiger partial charge in [-0.2, -0.15) is 0 Å². The highest BCUT2D eigenvalue weighted by Crippen LogP contribution is 2.28. The van der Waals surface area contributed by atoms with Gasteiger partial charge in [0.25, 0.3) is 0 Å². The first-order valence-electron chi connectivity index (χ1n) is 7.21. The zero-order valence-electron chi connectivity index (χ0n) is 12.9. The molecule has 0 amide bonds. The van der Waals surface area contributed by atoms with E-state index in [0.29, 0.717) is 35.6 Å². The molecule has 2 aromatic carbocycles. The molecule has 0 radical (unpaired) electrons. The third-order valence-corrected chi connectivity index (χ3v) is 3.73. The molecule has 0 atom stereocenters. The Labute approximate surface area is 146 Å². The van der Waals surface area contributed by atoms with Crippen LogP contribution in [0.3, 0.4) is 0 Å². The van der Waals surface area contributed by atoms with Crippen LogP contribution in [-0.2, 0) is 6.42 Å². The summed E-state index contributed by atoms with van der Waals surface area (Å²) >= 11 is 12.0. The monoisotopic (exact) mass is 355 g/mol. The van der Waals surface area contributed by atoms with Gasteiger partial charge >= 0.3 is 0 Å². The number of methoxy groups -OCH3 is 1. The Morgan fingerprint density at radius 2 is 1.70 bits per heavy atom. The van der Waals surface area contributed by atoms with Crippen LogP contribution in [0.2, 0.25) is 10.0 Å². The highest BCUT2D eigenvalue weighted by Gasteiger charge is 2.07. The summed E-state index contributed by atoms with van der Waals surface area (Å²) in [5.41, 5.74) is 6.66. The number of ether oxygens (including phenoxy) is 3. The highest BCUT2D eigenvalue weighted by atomic mass is 35.5. The number of rotatable bonds is 8. The Morgan fingerprint density at radius 1 is 0.957 bits per heavy atom. The standard InChI is InChI=1S/C17H19Cl2NO3/c1-21-14-4-2-12(6-7-20)16(11-14)22-8-9-23-17-10-13(18)3-5-15(17)19/h2-5,10-11H,6-9,20H2,1H3. The minimum absolute atomic E-state index is 0.347. The lowest BCUT2D eigenvalue weighted by atomic mass is 10.1. The SMILES string of the molecule is COc1ccc(CCN)c(OCCOc2cc(Cl)ccc2Cl)c1. The molecule has 0 aliphatic heterocycles. The smallest absolute Gasteiger partial charge is 0.139 e. The van der Waals surface area contributed by atoms with E-state index in [9.17, 15) is 0 Å². The van der Waals surface area contributed by atoms with Gasteiger partial charge in [-0.15, -0.1) is 0 Å². The summed E-state index contributed by atoms with van der Waals surface area (Å²) in [5, 5.41) is 1.09. The molecule has 0 heterocycles. The highest BCUT2D eigenvalue weighted by molar-refractivity contribution is 6.34. The van der Waals surface area contributed by atoms with Crippen molar-refractivity contribution in [1.29, 1.82) is 0 Å². The maximum Gasteiger partial charge on any atom is 0.139 e. The largest absolute Gasteiger partial charge is 0.497 e. The van der Waals surface area contributed by atoms with Crippen molar-refractivity contribution in [2.45, 2.75) is 6.42 Å². The van der Waals surface area contributed by atoms with Gasteiger partial charge in [0.15, 0.2) is 0 Å². The molecule has 2 rings (SSSR count). The predicted molar refractivity (Wildman–Crippen MR) is 93.2 cm³/mol. The fourth-order valence-electron chi connectivity index (χ4n) is 2.05. The van der Waals surface area contributed by atoms with Crippen LogP contribution in [0.15, 0.2) is 36.4 Å². The van der Waals surface area contributed by atoms with Gasteiger partial charge in [-0.05, 0) is 36.7 Å². The first-order chi connectivity index (χ1) is 11.1. The van der Waals surface area contributed by atoms with E-state index in [0.717, 1.165) is 23.5 Å². The third kappa shape index (κ3) is 5.20. The van der Waals surface area contributed by atoms with E-state index in [1.807, 2.05) is 18.2 Å². The molecule has 4 nitrogen and oxygen atoms in total. The Kier molecular flexibility index (Phi) is 6.84. The number of nitrogens with two attached hydrogens (primary N) is 1. The molecule has 0 saturated carbocycles. The molecule has 2 aromatic rings. The second kappa shape index (κ2) is 8.87. The van der Waals surface area contributed by atoms with Crippen LogP contribution in [0.25, 0.3) is 0 Å². The summed E-state index contributed by atoms with van der Waals surface area (Å²) in [7, 11) is 1.62. The van der Waals surface area contributed by atoms with Crippen LogP contribution < -0.4 is 19.9 Å². The van der Waals surface area contributed by atoms with Crippen molar-refractivity contribution in [3.05, 3.63) is 52.0 Å². The molecular formula is C17H19Cl2NO3. The van der Waals surface area contributed by atoms with Crippen LogP contribution in [0.5, 0.6) is 17.2 Å². The Balaban J connectivity index is 1.94. The van der Waals surface area contributed by atoms with Crippen LogP contribution in [0.1, 0.15) is 5.56 Å². The fourth-order valence-corrected chi connectivity index (χ4v) is 2.38. The molecule has 0 spiro atoms. The van der Waals surface area contributed by atoms with Crippen LogP contribution in [0.4, 0.5) is 0 Å². The average molecular weight is 356 g/mol. The molecule has 0 aliphatic carbocycles. The lowest BCUT2D eigenvalue weighted by molar-refractivity contribution is 0.215. The Hall–Kier alpha value is -1.62. The third-order valence-electron chi connectivity index (χ3n) is 3.18. The molecule has 6 heteroatoms. The molecule has 124 valence electrons. The second-order valence-electron chi connectivity index (χ2n) is 4.78. The summed E-state index contributed by atoms with van der Waals surface area (Å²) in [6, 6.07) is 10.8. The molecular weight excluding hydrogens is 337 g/mol. The lowest BCUT2D eigenvalue weighted by Gasteiger charge is -2.13. The van der Waals surface area contributed by atoms with Gasteiger partial charge in [0.1, 0.15) is 30.5 Å². The van der Waals surface area contributed by atoms with Gasteiger partial charge in [0, 0.05) is 17.2 Å². The van der Waals surface area contributed by atoms with Crippen molar-refractivity contribution in [2.75, 3.05) is 26.9 Å². The van der Waals surface area contributed by atoms with E-state index in [2.05, 4.69) is 0 Å². The van der Waals surface area contributed by atoms with E-state index >= 15 is 0 Å². The van der Waals surface area contributed by atoms with Crippen molar-refractivity contribution in [3.8, 4) is 17.2 Å². The number of benzene rings is 2. The van der Waals surface area contributed by atoms with Crippen LogP contribution in [0, 0.1) is 0 Å². The quantitative estimate of drug-likeness (QED) is 0.728. The van der Waals surface area contributed by atoms with E-state index in [1.165, 1.54) is 0 Å². The van der Waals surface area contributed by atoms with Crippen LogP contribution >= 0.6 is 23.2 Å². The summed E-state index contributed by atoms with van der Waals surface area (Å²) in [6.07, 6.45) is 0.736. The van der Waals surface area contributed by atoms with Gasteiger partial charge < -0.3 is 19.9 Å². The second-order valence-corrected chi connectivity index (χ2v) is 5.63. The summed E-state index contributed by atoms with van der Waals surface area (Å²) in [4.78, 5) is 0. The Bertz CT molecular complexity index is 650. The average Bonchev–Trinajstić information content (AvgIpc) is 2.56. The molecule has 0 fully saturated rings. The number of hydrogen-bond donors (Lipinski definition) is 1. The van der Waals surface area contributed by atoms with E-state index in [1.54, 1.807) is 25.3 Å². The molecule has 0 aromatic heterocycles. The van der Waals surface area contributed by atoms with Crippen molar-refractivity contribution in [3.63, 3.8) is 0 Å². The summed E-state index contributed by atoms with van der Waals surface area (Å²) in [5.74, 6) is 2.02. The van der Waals surface area contributed by atoms with Crippen molar-refractivity contribution in [1.82, 2.24) is 0 Å². The van der Waals surface area contributed by atoms with Gasteiger partial charge in [-0.1, -0.05) is 29.3 Å².